The average molecular weight is 452 g/mol. The number of nitrogens with zero attached hydrogens (tertiary/aromatic N) is 1. The van der Waals surface area contributed by atoms with Gasteiger partial charge in [-0.05, 0) is 50.4 Å². The van der Waals surface area contributed by atoms with Crippen molar-refractivity contribution in [3.8, 4) is 0 Å². The van der Waals surface area contributed by atoms with Crippen LogP contribution in [0.15, 0.2) is 12.2 Å². The Hall–Kier alpha value is -1.93. The minimum atomic E-state index is -0.657. The Bertz CT molecular complexity index is 653. The highest BCUT2D eigenvalue weighted by Crippen LogP contribution is 2.23. The number of allylic oxidation sites excluding steroid dienone is 2. The summed E-state index contributed by atoms with van der Waals surface area (Å²) in [5, 5.41) is 2.96. The Balaban J connectivity index is 2.07. The molecule has 0 radical (unpaired) electrons. The second kappa shape index (κ2) is 12.9. The second-order valence-electron chi connectivity index (χ2n) is 9.95. The lowest BCUT2D eigenvalue weighted by Crippen LogP contribution is -2.55. The summed E-state index contributed by atoms with van der Waals surface area (Å²) in [4.78, 5) is 45.9. The largest absolute Gasteiger partial charge is 0.350 e. The molecule has 2 rings (SSSR count). The van der Waals surface area contributed by atoms with E-state index in [9.17, 15) is 14.4 Å². The van der Waals surface area contributed by atoms with Gasteiger partial charge in [0.15, 0.2) is 6.29 Å². The molecule has 0 spiro atoms. The Labute approximate surface area is 192 Å². The Morgan fingerprint density at radius 2 is 1.88 bits per heavy atom. The van der Waals surface area contributed by atoms with Gasteiger partial charge in [-0.2, -0.15) is 0 Å². The van der Waals surface area contributed by atoms with E-state index in [0.29, 0.717) is 19.6 Å². The number of hydroxylamine groups is 1. The van der Waals surface area contributed by atoms with E-state index in [1.165, 1.54) is 0 Å². The maximum Gasteiger partial charge on any atom is 0.245 e. The SMILES string of the molecule is CN1CCCC=CCCC[C@H](CC(=O)NOC2CCCCO2)C(=O)N[C@@H](C(C)(C)C)C1=O. The van der Waals surface area contributed by atoms with E-state index >= 15 is 0 Å². The van der Waals surface area contributed by atoms with E-state index in [4.69, 9.17) is 9.57 Å². The number of likely N-dealkylation sites (N-methyl/N-ethyl adjacent to an activating group) is 1. The third-order valence-electron chi connectivity index (χ3n) is 5.97. The first kappa shape index (κ1) is 26.3. The third-order valence-corrected chi connectivity index (χ3v) is 5.97. The van der Waals surface area contributed by atoms with Crippen molar-refractivity contribution in [2.75, 3.05) is 20.2 Å². The van der Waals surface area contributed by atoms with E-state index in [1.54, 1.807) is 11.9 Å². The molecule has 1 fully saturated rings. The smallest absolute Gasteiger partial charge is 0.245 e. The van der Waals surface area contributed by atoms with Gasteiger partial charge in [0.1, 0.15) is 6.04 Å². The first-order chi connectivity index (χ1) is 15.2. The van der Waals surface area contributed by atoms with Gasteiger partial charge < -0.3 is 15.0 Å². The summed E-state index contributed by atoms with van der Waals surface area (Å²) in [6.07, 6.45) is 10.5. The zero-order valence-electron chi connectivity index (χ0n) is 20.2. The Morgan fingerprint density at radius 3 is 2.53 bits per heavy atom. The quantitative estimate of drug-likeness (QED) is 0.506. The van der Waals surface area contributed by atoms with Crippen molar-refractivity contribution >= 4 is 17.7 Å². The van der Waals surface area contributed by atoms with Gasteiger partial charge in [0.25, 0.3) is 0 Å². The molecule has 0 aliphatic carbocycles. The highest BCUT2D eigenvalue weighted by Gasteiger charge is 2.36. The minimum absolute atomic E-state index is 0.00314. The first-order valence-corrected chi connectivity index (χ1v) is 11.9. The van der Waals surface area contributed by atoms with Crippen LogP contribution in [0.25, 0.3) is 0 Å². The molecule has 0 aromatic carbocycles. The maximum atomic E-state index is 13.2. The summed E-state index contributed by atoms with van der Waals surface area (Å²) < 4.78 is 5.46. The molecule has 32 heavy (non-hydrogen) atoms. The third kappa shape index (κ3) is 8.90. The van der Waals surface area contributed by atoms with E-state index in [2.05, 4.69) is 22.9 Å². The van der Waals surface area contributed by atoms with E-state index in [1.807, 2.05) is 20.8 Å². The zero-order valence-corrected chi connectivity index (χ0v) is 20.2. The Kier molecular flexibility index (Phi) is 10.6. The van der Waals surface area contributed by atoms with E-state index in [-0.39, 0.29) is 24.1 Å². The fourth-order valence-corrected chi connectivity index (χ4v) is 3.93. The van der Waals surface area contributed by atoms with Crippen LogP contribution in [0, 0.1) is 11.3 Å². The number of rotatable bonds is 4. The van der Waals surface area contributed by atoms with Crippen LogP contribution >= 0.6 is 0 Å². The summed E-state index contributed by atoms with van der Waals surface area (Å²) in [5.74, 6) is -1.26. The van der Waals surface area contributed by atoms with Crippen LogP contribution in [0.5, 0.6) is 0 Å². The molecule has 8 nitrogen and oxygen atoms in total. The van der Waals surface area contributed by atoms with Crippen molar-refractivity contribution in [3.05, 3.63) is 12.2 Å². The zero-order chi connectivity index (χ0) is 23.6. The van der Waals surface area contributed by atoms with Crippen molar-refractivity contribution in [1.29, 1.82) is 0 Å². The average Bonchev–Trinajstić information content (AvgIpc) is 2.75. The van der Waals surface area contributed by atoms with Crippen LogP contribution in [0.4, 0.5) is 0 Å². The van der Waals surface area contributed by atoms with Gasteiger partial charge in [-0.3, -0.25) is 14.4 Å². The number of carbonyl (C=O) groups is 3. The Morgan fingerprint density at radius 1 is 1.16 bits per heavy atom. The summed E-state index contributed by atoms with van der Waals surface area (Å²) in [7, 11) is 1.78. The predicted octanol–water partition coefficient (Wildman–Crippen LogP) is 3.08. The lowest BCUT2D eigenvalue weighted by Gasteiger charge is -2.34. The number of hydrogen-bond acceptors (Lipinski definition) is 5. The highest BCUT2D eigenvalue weighted by molar-refractivity contribution is 5.91. The number of hydrogen-bond donors (Lipinski definition) is 2. The van der Waals surface area contributed by atoms with Gasteiger partial charge in [0, 0.05) is 39.0 Å². The number of ether oxygens (including phenoxy) is 1. The van der Waals surface area contributed by atoms with Crippen molar-refractivity contribution in [2.24, 2.45) is 11.3 Å². The molecule has 8 heteroatoms. The van der Waals surface area contributed by atoms with E-state index < -0.39 is 23.7 Å². The van der Waals surface area contributed by atoms with Crippen molar-refractivity contribution in [2.45, 2.75) is 90.9 Å². The number of amides is 3. The fourth-order valence-electron chi connectivity index (χ4n) is 3.93. The minimum Gasteiger partial charge on any atom is -0.350 e. The standard InChI is InChI=1S/C24H41N3O5/c1-24(2,3)21-23(30)27(4)15-11-8-6-5-7-9-13-18(22(29)25-21)17-19(28)26-32-20-14-10-12-16-31-20/h5-6,18,20-21H,7-17H2,1-4H3,(H,25,29)(H,26,28)/t18-,20?,21-/m1/s1. The molecule has 182 valence electrons. The van der Waals surface area contributed by atoms with Gasteiger partial charge >= 0.3 is 0 Å². The maximum absolute atomic E-state index is 13.2. The first-order valence-electron chi connectivity index (χ1n) is 11.9. The van der Waals surface area contributed by atoms with Crippen molar-refractivity contribution in [3.63, 3.8) is 0 Å². The molecular weight excluding hydrogens is 410 g/mol. The molecule has 2 aliphatic heterocycles. The summed E-state index contributed by atoms with van der Waals surface area (Å²) in [5.41, 5.74) is 2.00. The van der Waals surface area contributed by atoms with Crippen LogP contribution in [0.2, 0.25) is 0 Å². The van der Waals surface area contributed by atoms with Crippen LogP contribution in [0.3, 0.4) is 0 Å². The molecule has 1 unspecified atom stereocenters. The number of carbonyl (C=O) groups excluding carboxylic acids is 3. The van der Waals surface area contributed by atoms with Gasteiger partial charge in [0.05, 0.1) is 0 Å². The lowest BCUT2D eigenvalue weighted by atomic mass is 9.85. The molecule has 1 saturated heterocycles. The molecule has 2 heterocycles. The van der Waals surface area contributed by atoms with Crippen LogP contribution < -0.4 is 10.8 Å². The molecule has 3 atom stereocenters. The monoisotopic (exact) mass is 451 g/mol. The lowest BCUT2D eigenvalue weighted by molar-refractivity contribution is -0.200. The normalized spacial score (nSPS) is 26.9. The number of nitrogens with one attached hydrogen (secondary N) is 2. The summed E-state index contributed by atoms with van der Waals surface area (Å²) >= 11 is 0. The summed E-state index contributed by atoms with van der Waals surface area (Å²) in [6, 6.07) is -0.657. The molecular formula is C24H41N3O5. The van der Waals surface area contributed by atoms with Crippen LogP contribution in [-0.2, 0) is 24.0 Å². The summed E-state index contributed by atoms with van der Waals surface area (Å²) in [6.45, 7) is 7.08. The molecule has 2 aliphatic rings. The van der Waals surface area contributed by atoms with E-state index in [0.717, 1.165) is 44.9 Å². The molecule has 0 aromatic heterocycles. The van der Waals surface area contributed by atoms with Crippen LogP contribution in [0.1, 0.15) is 78.6 Å². The fraction of sp³-hybridized carbons (Fsp3) is 0.792. The predicted molar refractivity (Wildman–Crippen MR) is 122 cm³/mol. The van der Waals surface area contributed by atoms with Gasteiger partial charge in [-0.25, -0.2) is 10.3 Å². The molecule has 2 N–H and O–H groups in total. The van der Waals surface area contributed by atoms with Gasteiger partial charge in [-0.1, -0.05) is 32.9 Å². The van der Waals surface area contributed by atoms with Crippen LogP contribution in [-0.4, -0.2) is 55.2 Å². The molecule has 3 amide bonds. The van der Waals surface area contributed by atoms with Crippen molar-refractivity contribution < 1.29 is 24.0 Å². The molecule has 0 bridgehead atoms. The van der Waals surface area contributed by atoms with Crippen molar-refractivity contribution in [1.82, 2.24) is 15.7 Å². The second-order valence-corrected chi connectivity index (χ2v) is 9.95. The van der Waals surface area contributed by atoms with Gasteiger partial charge in [-0.15, -0.1) is 0 Å². The topological polar surface area (TPSA) is 97.0 Å². The molecule has 0 aromatic rings. The molecule has 0 saturated carbocycles. The highest BCUT2D eigenvalue weighted by atomic mass is 16.8. The van der Waals surface area contributed by atoms with Gasteiger partial charge in [0.2, 0.25) is 17.7 Å².